The van der Waals surface area contributed by atoms with E-state index in [0.717, 1.165) is 57.7 Å². The maximum atomic E-state index is 12.9. The molecular formula is C30H40N2O3. The number of carbonyl (C=O) groups excluding carboxylic acids is 1. The SMILES string of the molecule is CCCOc1c(C)cc(-c2ccc3c(c2)CC(C)(C)[C@H]3NC(=O)O[C@H]2CN3CCC2CC3)cc1C. The third-order valence-electron chi connectivity index (χ3n) is 8.24. The number of aryl methyl sites for hydroxylation is 2. The highest BCUT2D eigenvalue weighted by molar-refractivity contribution is 5.71. The molecule has 6 rings (SSSR count). The molecule has 5 heteroatoms. The number of amides is 1. The van der Waals surface area contributed by atoms with Gasteiger partial charge in [-0.25, -0.2) is 4.79 Å². The number of hydrogen-bond donors (Lipinski definition) is 1. The zero-order valence-electron chi connectivity index (χ0n) is 21.9. The summed E-state index contributed by atoms with van der Waals surface area (Å²) in [5, 5.41) is 3.24. The molecule has 0 spiro atoms. The van der Waals surface area contributed by atoms with Gasteiger partial charge in [-0.2, -0.15) is 0 Å². The van der Waals surface area contributed by atoms with Gasteiger partial charge in [0.1, 0.15) is 11.9 Å². The summed E-state index contributed by atoms with van der Waals surface area (Å²) in [5.74, 6) is 1.52. The van der Waals surface area contributed by atoms with E-state index < -0.39 is 0 Å². The van der Waals surface area contributed by atoms with Crippen molar-refractivity contribution in [1.29, 1.82) is 0 Å². The highest BCUT2D eigenvalue weighted by Crippen LogP contribution is 2.46. The molecule has 2 aromatic carbocycles. The lowest BCUT2D eigenvalue weighted by Crippen LogP contribution is -2.53. The van der Waals surface area contributed by atoms with Gasteiger partial charge in [-0.3, -0.25) is 4.90 Å². The predicted molar refractivity (Wildman–Crippen MR) is 140 cm³/mol. The Labute approximate surface area is 210 Å². The first-order chi connectivity index (χ1) is 16.7. The highest BCUT2D eigenvalue weighted by atomic mass is 16.6. The Bertz CT molecular complexity index is 1080. The third-order valence-corrected chi connectivity index (χ3v) is 8.24. The molecular weight excluding hydrogens is 436 g/mol. The fourth-order valence-electron chi connectivity index (χ4n) is 6.39. The van der Waals surface area contributed by atoms with E-state index in [0.29, 0.717) is 5.92 Å². The van der Waals surface area contributed by atoms with Gasteiger partial charge in [0.15, 0.2) is 0 Å². The predicted octanol–water partition coefficient (Wildman–Crippen LogP) is 6.20. The molecule has 188 valence electrons. The fraction of sp³-hybridized carbons (Fsp3) is 0.567. The van der Waals surface area contributed by atoms with E-state index in [4.69, 9.17) is 9.47 Å². The van der Waals surface area contributed by atoms with Crippen molar-refractivity contribution in [2.45, 2.75) is 72.4 Å². The van der Waals surface area contributed by atoms with E-state index >= 15 is 0 Å². The van der Waals surface area contributed by atoms with Crippen LogP contribution in [0.1, 0.15) is 68.3 Å². The first-order valence-electron chi connectivity index (χ1n) is 13.3. The number of rotatable bonds is 6. The minimum absolute atomic E-state index is 0.0274. The summed E-state index contributed by atoms with van der Waals surface area (Å²) < 4.78 is 11.9. The number of nitrogens with zero attached hydrogens (tertiary/aromatic N) is 1. The molecule has 0 radical (unpaired) electrons. The largest absolute Gasteiger partial charge is 0.493 e. The highest BCUT2D eigenvalue weighted by Gasteiger charge is 2.42. The van der Waals surface area contributed by atoms with E-state index in [-0.39, 0.29) is 23.7 Å². The summed E-state index contributed by atoms with van der Waals surface area (Å²) in [6.07, 6.45) is 3.97. The zero-order valence-corrected chi connectivity index (χ0v) is 21.9. The lowest BCUT2D eigenvalue weighted by molar-refractivity contribution is -0.0348. The topological polar surface area (TPSA) is 50.8 Å². The van der Waals surface area contributed by atoms with Gasteiger partial charge in [0.2, 0.25) is 0 Å². The number of hydrogen-bond acceptors (Lipinski definition) is 4. The molecule has 0 aromatic heterocycles. The molecule has 2 aromatic rings. The summed E-state index contributed by atoms with van der Waals surface area (Å²) in [5.41, 5.74) is 7.21. The number of nitrogens with one attached hydrogen (secondary N) is 1. The fourth-order valence-corrected chi connectivity index (χ4v) is 6.39. The van der Waals surface area contributed by atoms with Crippen LogP contribution in [-0.2, 0) is 11.2 Å². The van der Waals surface area contributed by atoms with Crippen LogP contribution in [0.15, 0.2) is 30.3 Å². The van der Waals surface area contributed by atoms with Gasteiger partial charge >= 0.3 is 6.09 Å². The zero-order chi connectivity index (χ0) is 24.7. The van der Waals surface area contributed by atoms with Crippen LogP contribution < -0.4 is 10.1 Å². The van der Waals surface area contributed by atoms with E-state index in [2.05, 4.69) is 75.2 Å². The average Bonchev–Trinajstić information content (AvgIpc) is 3.07. The first kappa shape index (κ1) is 24.2. The number of piperidine rings is 3. The van der Waals surface area contributed by atoms with Crippen LogP contribution in [0.25, 0.3) is 11.1 Å². The van der Waals surface area contributed by atoms with Crippen LogP contribution in [-0.4, -0.2) is 43.3 Å². The molecule has 5 nitrogen and oxygen atoms in total. The summed E-state index contributed by atoms with van der Waals surface area (Å²) in [6, 6.07) is 11.1. The van der Waals surface area contributed by atoms with Gasteiger partial charge in [-0.15, -0.1) is 0 Å². The van der Waals surface area contributed by atoms with Gasteiger partial charge in [0.25, 0.3) is 0 Å². The smallest absolute Gasteiger partial charge is 0.407 e. The van der Waals surface area contributed by atoms with Crippen LogP contribution in [0, 0.1) is 25.2 Å². The van der Waals surface area contributed by atoms with Crippen molar-refractivity contribution in [3.8, 4) is 16.9 Å². The summed E-state index contributed by atoms with van der Waals surface area (Å²) in [7, 11) is 0. The Morgan fingerprint density at radius 3 is 2.43 bits per heavy atom. The van der Waals surface area contributed by atoms with E-state index in [9.17, 15) is 4.79 Å². The minimum Gasteiger partial charge on any atom is -0.493 e. The monoisotopic (exact) mass is 476 g/mol. The van der Waals surface area contributed by atoms with E-state index in [1.165, 1.54) is 33.4 Å². The molecule has 4 aliphatic rings. The molecule has 1 aliphatic carbocycles. The maximum Gasteiger partial charge on any atom is 0.407 e. The molecule has 3 heterocycles. The van der Waals surface area contributed by atoms with Gasteiger partial charge in [0.05, 0.1) is 12.6 Å². The molecule has 3 fully saturated rings. The second-order valence-corrected chi connectivity index (χ2v) is 11.5. The Kier molecular flexibility index (Phi) is 6.56. The van der Waals surface area contributed by atoms with Gasteiger partial charge in [0, 0.05) is 6.54 Å². The average molecular weight is 477 g/mol. The summed E-state index contributed by atoms with van der Waals surface area (Å²) in [6.45, 7) is 14.8. The number of ether oxygens (including phenoxy) is 2. The van der Waals surface area contributed by atoms with Crippen LogP contribution in [0.4, 0.5) is 4.79 Å². The van der Waals surface area contributed by atoms with Crippen molar-refractivity contribution in [2.24, 2.45) is 11.3 Å². The molecule has 0 unspecified atom stereocenters. The molecule has 1 N–H and O–H groups in total. The maximum absolute atomic E-state index is 12.9. The molecule has 2 atom stereocenters. The second kappa shape index (κ2) is 9.50. The van der Waals surface area contributed by atoms with Crippen molar-refractivity contribution in [1.82, 2.24) is 10.2 Å². The van der Waals surface area contributed by atoms with E-state index in [1.807, 2.05) is 0 Å². The standard InChI is InChI=1S/C30H40N2O3/c1-6-13-34-27-19(2)14-23(15-20(27)3)22-7-8-25-24(16-22)17-30(4,5)28(25)31-29(33)35-26-18-32-11-9-21(26)10-12-32/h7-8,14-16,21,26,28H,6,9-13,17-18H2,1-5H3,(H,31,33)/t26-,28-/m0/s1. The van der Waals surface area contributed by atoms with Crippen molar-refractivity contribution in [3.63, 3.8) is 0 Å². The molecule has 35 heavy (non-hydrogen) atoms. The first-order valence-corrected chi connectivity index (χ1v) is 13.3. The number of benzene rings is 2. The number of carbonyl (C=O) groups is 1. The van der Waals surface area contributed by atoms with Crippen molar-refractivity contribution >= 4 is 6.09 Å². The van der Waals surface area contributed by atoms with Crippen LogP contribution >= 0.6 is 0 Å². The lowest BCUT2D eigenvalue weighted by atomic mass is 9.85. The van der Waals surface area contributed by atoms with Crippen LogP contribution in [0.5, 0.6) is 5.75 Å². The summed E-state index contributed by atoms with van der Waals surface area (Å²) in [4.78, 5) is 15.4. The lowest BCUT2D eigenvalue weighted by Gasteiger charge is -2.44. The molecule has 2 bridgehead atoms. The van der Waals surface area contributed by atoms with Crippen LogP contribution in [0.2, 0.25) is 0 Å². The number of alkyl carbamates (subject to hydrolysis) is 1. The normalized spacial score (nSPS) is 26.3. The molecule has 0 saturated carbocycles. The van der Waals surface area contributed by atoms with Gasteiger partial charge in [-0.1, -0.05) is 39.0 Å². The quantitative estimate of drug-likeness (QED) is 0.539. The minimum atomic E-state index is -0.271. The molecule has 3 saturated heterocycles. The van der Waals surface area contributed by atoms with E-state index in [1.54, 1.807) is 0 Å². The Morgan fingerprint density at radius 2 is 1.80 bits per heavy atom. The Hall–Kier alpha value is -2.53. The third kappa shape index (κ3) is 4.80. The van der Waals surface area contributed by atoms with Crippen molar-refractivity contribution < 1.29 is 14.3 Å². The second-order valence-electron chi connectivity index (χ2n) is 11.5. The number of fused-ring (bicyclic) bond motifs is 4. The Morgan fingerprint density at radius 1 is 1.09 bits per heavy atom. The van der Waals surface area contributed by atoms with Crippen LogP contribution in [0.3, 0.4) is 0 Å². The van der Waals surface area contributed by atoms with Gasteiger partial charge < -0.3 is 14.8 Å². The van der Waals surface area contributed by atoms with Gasteiger partial charge in [-0.05, 0) is 109 Å². The summed E-state index contributed by atoms with van der Waals surface area (Å²) >= 11 is 0. The van der Waals surface area contributed by atoms with Crippen molar-refractivity contribution in [3.05, 3.63) is 52.6 Å². The Balaban J connectivity index is 1.33. The molecule has 3 aliphatic heterocycles. The van der Waals surface area contributed by atoms with Crippen molar-refractivity contribution in [2.75, 3.05) is 26.2 Å². The molecule has 1 amide bonds.